The van der Waals surface area contributed by atoms with Crippen molar-refractivity contribution in [2.45, 2.75) is 19.5 Å². The monoisotopic (exact) mass is 368 g/mol. The van der Waals surface area contributed by atoms with E-state index in [1.807, 2.05) is 24.4 Å². The van der Waals surface area contributed by atoms with E-state index >= 15 is 0 Å². The number of methoxy groups -OCH3 is 2. The second-order valence-corrected chi connectivity index (χ2v) is 7.07. The first-order chi connectivity index (χ1) is 12.8. The molecule has 0 radical (unpaired) electrons. The lowest BCUT2D eigenvalue weighted by Gasteiger charge is -2.28. The molecule has 0 unspecified atom stereocenters. The van der Waals surface area contributed by atoms with Gasteiger partial charge in [0.2, 0.25) is 11.8 Å². The molecular formula is C19H20N4O2S. The number of thiophene rings is 1. The number of aromatic nitrogens is 3. The van der Waals surface area contributed by atoms with Gasteiger partial charge in [0.05, 0.1) is 24.8 Å². The molecule has 1 aliphatic rings. The lowest BCUT2D eigenvalue weighted by Crippen LogP contribution is -2.31. The molecule has 6 nitrogen and oxygen atoms in total. The molecule has 0 N–H and O–H groups in total. The van der Waals surface area contributed by atoms with Gasteiger partial charge in [0.15, 0.2) is 5.82 Å². The Kier molecular flexibility index (Phi) is 4.81. The molecule has 1 aliphatic heterocycles. The predicted molar refractivity (Wildman–Crippen MR) is 101 cm³/mol. The summed E-state index contributed by atoms with van der Waals surface area (Å²) in [5.41, 5.74) is 3.39. The summed E-state index contributed by atoms with van der Waals surface area (Å²) in [5.74, 6) is 2.00. The molecule has 26 heavy (non-hydrogen) atoms. The topological polar surface area (TPSA) is 60.4 Å². The first-order valence-corrected chi connectivity index (χ1v) is 9.33. The van der Waals surface area contributed by atoms with Crippen LogP contribution >= 0.6 is 11.3 Å². The minimum absolute atomic E-state index is 0.559. The Bertz CT molecular complexity index is 899. The van der Waals surface area contributed by atoms with Gasteiger partial charge in [-0.15, -0.1) is 11.3 Å². The largest absolute Gasteiger partial charge is 0.481 e. The zero-order chi connectivity index (χ0) is 17.9. The third-order valence-electron chi connectivity index (χ3n) is 4.46. The fourth-order valence-corrected chi connectivity index (χ4v) is 3.80. The number of hydrogen-bond acceptors (Lipinski definition) is 7. The van der Waals surface area contributed by atoms with Crippen LogP contribution in [0.4, 0.5) is 0 Å². The van der Waals surface area contributed by atoms with Crippen LogP contribution in [0.15, 0.2) is 35.8 Å². The van der Waals surface area contributed by atoms with Gasteiger partial charge in [-0.3, -0.25) is 4.90 Å². The number of pyridine rings is 1. The van der Waals surface area contributed by atoms with Gasteiger partial charge < -0.3 is 9.47 Å². The molecule has 0 saturated carbocycles. The summed E-state index contributed by atoms with van der Waals surface area (Å²) in [5, 5.41) is 2.05. The van der Waals surface area contributed by atoms with Crippen molar-refractivity contribution in [2.24, 2.45) is 0 Å². The van der Waals surface area contributed by atoms with E-state index in [0.29, 0.717) is 11.8 Å². The Labute approximate surface area is 156 Å². The molecule has 134 valence electrons. The second-order valence-electron chi connectivity index (χ2n) is 6.13. The van der Waals surface area contributed by atoms with Crippen LogP contribution in [-0.2, 0) is 19.5 Å². The zero-order valence-electron chi connectivity index (χ0n) is 14.8. The Morgan fingerprint density at radius 1 is 1.15 bits per heavy atom. The summed E-state index contributed by atoms with van der Waals surface area (Å²) in [4.78, 5) is 17.2. The molecule has 0 atom stereocenters. The first-order valence-electron chi connectivity index (χ1n) is 8.45. The van der Waals surface area contributed by atoms with Gasteiger partial charge >= 0.3 is 0 Å². The van der Waals surface area contributed by atoms with Crippen molar-refractivity contribution < 1.29 is 9.47 Å². The molecule has 0 aromatic carbocycles. The van der Waals surface area contributed by atoms with Crippen LogP contribution in [0.3, 0.4) is 0 Å². The van der Waals surface area contributed by atoms with Crippen LogP contribution in [-0.4, -0.2) is 40.6 Å². The summed E-state index contributed by atoms with van der Waals surface area (Å²) in [6, 6.07) is 7.97. The van der Waals surface area contributed by atoms with E-state index in [4.69, 9.17) is 14.5 Å². The molecule has 4 rings (SSSR count). The SMILES string of the molecule is COc1ccc(CN2CCc3nc(-c4cccs4)ncc3C2)c(OC)n1. The minimum Gasteiger partial charge on any atom is -0.481 e. The van der Waals surface area contributed by atoms with Gasteiger partial charge in [0.1, 0.15) is 0 Å². The van der Waals surface area contributed by atoms with Crippen LogP contribution in [0.25, 0.3) is 10.7 Å². The fourth-order valence-electron chi connectivity index (χ4n) is 3.14. The van der Waals surface area contributed by atoms with Gasteiger partial charge in [-0.2, -0.15) is 4.98 Å². The van der Waals surface area contributed by atoms with Crippen molar-refractivity contribution in [3.63, 3.8) is 0 Å². The normalized spacial score (nSPS) is 14.1. The fraction of sp³-hybridized carbons (Fsp3) is 0.316. The highest BCUT2D eigenvalue weighted by Crippen LogP contribution is 2.26. The van der Waals surface area contributed by atoms with Crippen LogP contribution < -0.4 is 9.47 Å². The van der Waals surface area contributed by atoms with Crippen molar-refractivity contribution >= 4 is 11.3 Å². The minimum atomic E-state index is 0.559. The van der Waals surface area contributed by atoms with Crippen molar-refractivity contribution in [1.29, 1.82) is 0 Å². The molecule has 0 saturated heterocycles. The first kappa shape index (κ1) is 16.9. The summed E-state index contributed by atoms with van der Waals surface area (Å²) in [6.45, 7) is 2.55. The van der Waals surface area contributed by atoms with Gasteiger partial charge in [0, 0.05) is 49.4 Å². The summed E-state index contributed by atoms with van der Waals surface area (Å²) < 4.78 is 10.6. The van der Waals surface area contributed by atoms with Crippen LogP contribution in [0, 0.1) is 0 Å². The second kappa shape index (κ2) is 7.39. The number of ether oxygens (including phenoxy) is 2. The molecule has 0 spiro atoms. The Balaban J connectivity index is 1.50. The van der Waals surface area contributed by atoms with Gasteiger partial charge in [-0.25, -0.2) is 9.97 Å². The highest BCUT2D eigenvalue weighted by molar-refractivity contribution is 7.13. The van der Waals surface area contributed by atoms with E-state index in [-0.39, 0.29) is 0 Å². The third kappa shape index (κ3) is 3.40. The maximum Gasteiger partial charge on any atom is 0.220 e. The third-order valence-corrected chi connectivity index (χ3v) is 5.33. The van der Waals surface area contributed by atoms with Crippen molar-refractivity contribution in [3.05, 3.63) is 52.7 Å². The van der Waals surface area contributed by atoms with Gasteiger partial charge in [-0.05, 0) is 17.5 Å². The van der Waals surface area contributed by atoms with Crippen molar-refractivity contribution in [2.75, 3.05) is 20.8 Å². The predicted octanol–water partition coefficient (Wildman–Crippen LogP) is 3.18. The summed E-state index contributed by atoms with van der Waals surface area (Å²) >= 11 is 1.67. The van der Waals surface area contributed by atoms with E-state index in [0.717, 1.165) is 48.0 Å². The van der Waals surface area contributed by atoms with E-state index in [2.05, 4.69) is 26.3 Å². The molecule has 0 bridgehead atoms. The van der Waals surface area contributed by atoms with Crippen molar-refractivity contribution in [3.8, 4) is 22.5 Å². The van der Waals surface area contributed by atoms with E-state index in [1.54, 1.807) is 25.6 Å². The summed E-state index contributed by atoms with van der Waals surface area (Å²) in [7, 11) is 3.24. The molecule has 3 aromatic rings. The average Bonchev–Trinajstić information content (AvgIpc) is 3.22. The van der Waals surface area contributed by atoms with E-state index < -0.39 is 0 Å². The highest BCUT2D eigenvalue weighted by atomic mass is 32.1. The molecule has 0 fully saturated rings. The van der Waals surface area contributed by atoms with Crippen LogP contribution in [0.5, 0.6) is 11.8 Å². The smallest absolute Gasteiger partial charge is 0.220 e. The number of fused-ring (bicyclic) bond motifs is 1. The van der Waals surface area contributed by atoms with Gasteiger partial charge in [0.25, 0.3) is 0 Å². The van der Waals surface area contributed by atoms with E-state index in [9.17, 15) is 0 Å². The molecule has 3 aromatic heterocycles. The van der Waals surface area contributed by atoms with E-state index in [1.165, 1.54) is 5.56 Å². The Morgan fingerprint density at radius 2 is 2.08 bits per heavy atom. The maximum atomic E-state index is 5.41. The molecule has 0 amide bonds. The average molecular weight is 368 g/mol. The van der Waals surface area contributed by atoms with Crippen LogP contribution in [0.1, 0.15) is 16.8 Å². The van der Waals surface area contributed by atoms with Crippen molar-refractivity contribution in [1.82, 2.24) is 19.9 Å². The number of nitrogens with zero attached hydrogens (tertiary/aromatic N) is 4. The summed E-state index contributed by atoms with van der Waals surface area (Å²) in [6.07, 6.45) is 2.88. The Hall–Kier alpha value is -2.51. The molecule has 4 heterocycles. The standard InChI is InChI=1S/C19H20N4O2S/c1-24-17-6-5-13(19(22-17)25-2)11-23-8-7-15-14(12-23)10-20-18(21-15)16-4-3-9-26-16/h3-6,9-10H,7-8,11-12H2,1-2H3. The molecular weight excluding hydrogens is 348 g/mol. The zero-order valence-corrected chi connectivity index (χ0v) is 15.6. The maximum absolute atomic E-state index is 5.41. The highest BCUT2D eigenvalue weighted by Gasteiger charge is 2.20. The Morgan fingerprint density at radius 3 is 2.85 bits per heavy atom. The van der Waals surface area contributed by atoms with Crippen LogP contribution in [0.2, 0.25) is 0 Å². The van der Waals surface area contributed by atoms with Gasteiger partial charge in [-0.1, -0.05) is 6.07 Å². The number of hydrogen-bond donors (Lipinski definition) is 0. The lowest BCUT2D eigenvalue weighted by atomic mass is 10.1. The lowest BCUT2D eigenvalue weighted by molar-refractivity contribution is 0.237. The quantitative estimate of drug-likeness (QED) is 0.689. The molecule has 7 heteroatoms. The number of rotatable bonds is 5. The molecule has 0 aliphatic carbocycles.